The van der Waals surface area contributed by atoms with Gasteiger partial charge in [-0.25, -0.2) is 4.98 Å². The first-order chi connectivity index (χ1) is 10.1. The molecule has 1 saturated heterocycles. The Morgan fingerprint density at radius 1 is 1.71 bits per heavy atom. The second-order valence-corrected chi connectivity index (χ2v) is 4.90. The lowest BCUT2D eigenvalue weighted by Crippen LogP contribution is -2.49. The Hall–Kier alpha value is -2.24. The van der Waals surface area contributed by atoms with Crippen molar-refractivity contribution in [1.29, 1.82) is 5.26 Å². The topological polar surface area (TPSA) is 118 Å². The van der Waals surface area contributed by atoms with E-state index in [1.807, 2.05) is 11.0 Å². The van der Waals surface area contributed by atoms with Gasteiger partial charge in [0.1, 0.15) is 23.6 Å². The van der Waals surface area contributed by atoms with Crippen molar-refractivity contribution in [3.63, 3.8) is 0 Å². The Morgan fingerprint density at radius 2 is 2.48 bits per heavy atom. The van der Waals surface area contributed by atoms with Crippen molar-refractivity contribution in [2.45, 2.75) is 25.0 Å². The molecular weight excluding hydrogens is 274 g/mol. The number of ether oxygens (including phenoxy) is 1. The number of rotatable bonds is 4. The Morgan fingerprint density at radius 3 is 3.05 bits per heavy atom. The van der Waals surface area contributed by atoms with Crippen molar-refractivity contribution < 1.29 is 9.66 Å². The number of aromatic nitrogens is 1. The van der Waals surface area contributed by atoms with Crippen molar-refractivity contribution in [2.75, 3.05) is 25.1 Å². The molecule has 2 rings (SSSR count). The number of nitrogens with zero attached hydrogens (tertiary/aromatic N) is 4. The van der Waals surface area contributed by atoms with Crippen LogP contribution in [-0.2, 0) is 4.74 Å². The van der Waals surface area contributed by atoms with Crippen LogP contribution in [0.15, 0.2) is 12.3 Å². The van der Waals surface area contributed by atoms with Gasteiger partial charge in [0.05, 0.1) is 11.0 Å². The highest BCUT2D eigenvalue weighted by Crippen LogP contribution is 2.28. The average Bonchev–Trinajstić information content (AvgIpc) is 2.53. The molecule has 2 N–H and O–H groups in total. The highest BCUT2D eigenvalue weighted by molar-refractivity contribution is 5.58. The maximum absolute atomic E-state index is 10.8. The summed E-state index contributed by atoms with van der Waals surface area (Å²) in [7, 11) is 1.67. The smallest absolute Gasteiger partial charge is 0.289 e. The molecule has 0 saturated carbocycles. The standard InChI is InChI=1S/C13H17N5O3/c1-21-12-2-3-17(10(5-12)7-15)13-9(6-14)4-11(8-16-13)18(19)20/h4,8,10,12H,2-3,5,7,15H2,1H3. The molecule has 0 bridgehead atoms. The van der Waals surface area contributed by atoms with E-state index in [1.54, 1.807) is 7.11 Å². The zero-order valence-electron chi connectivity index (χ0n) is 11.7. The zero-order valence-corrected chi connectivity index (χ0v) is 11.7. The van der Waals surface area contributed by atoms with Gasteiger partial charge in [0.25, 0.3) is 5.69 Å². The van der Waals surface area contributed by atoms with E-state index in [0.717, 1.165) is 12.8 Å². The quantitative estimate of drug-likeness (QED) is 0.643. The van der Waals surface area contributed by atoms with Crippen molar-refractivity contribution in [3.8, 4) is 6.07 Å². The van der Waals surface area contributed by atoms with Crippen molar-refractivity contribution in [2.24, 2.45) is 5.73 Å². The number of anilines is 1. The average molecular weight is 291 g/mol. The van der Waals surface area contributed by atoms with Gasteiger partial charge in [-0.05, 0) is 12.8 Å². The number of hydrogen-bond acceptors (Lipinski definition) is 7. The molecule has 1 aliphatic heterocycles. The van der Waals surface area contributed by atoms with Crippen LogP contribution in [0.4, 0.5) is 11.5 Å². The van der Waals surface area contributed by atoms with Crippen LogP contribution < -0.4 is 10.6 Å². The van der Waals surface area contributed by atoms with Gasteiger partial charge >= 0.3 is 0 Å². The predicted octanol–water partition coefficient (Wildman–Crippen LogP) is 0.804. The van der Waals surface area contributed by atoms with Gasteiger partial charge in [-0.1, -0.05) is 0 Å². The van der Waals surface area contributed by atoms with E-state index in [4.69, 9.17) is 10.5 Å². The summed E-state index contributed by atoms with van der Waals surface area (Å²) in [5.74, 6) is 0.452. The molecule has 1 aromatic heterocycles. The van der Waals surface area contributed by atoms with E-state index < -0.39 is 4.92 Å². The maximum atomic E-state index is 10.8. The summed E-state index contributed by atoms with van der Waals surface area (Å²) in [6.45, 7) is 1.06. The number of methoxy groups -OCH3 is 1. The van der Waals surface area contributed by atoms with Crippen LogP contribution in [0.3, 0.4) is 0 Å². The summed E-state index contributed by atoms with van der Waals surface area (Å²) in [4.78, 5) is 16.3. The normalized spacial score (nSPS) is 21.9. The molecule has 1 aliphatic rings. The molecule has 2 atom stereocenters. The van der Waals surface area contributed by atoms with Gasteiger partial charge in [-0.15, -0.1) is 0 Å². The van der Waals surface area contributed by atoms with Gasteiger partial charge in [-0.3, -0.25) is 10.1 Å². The lowest BCUT2D eigenvalue weighted by atomic mass is 9.98. The fraction of sp³-hybridized carbons (Fsp3) is 0.538. The highest BCUT2D eigenvalue weighted by atomic mass is 16.6. The third kappa shape index (κ3) is 3.09. The molecule has 0 amide bonds. The molecule has 1 aromatic rings. The first-order valence-corrected chi connectivity index (χ1v) is 6.64. The highest BCUT2D eigenvalue weighted by Gasteiger charge is 2.30. The summed E-state index contributed by atoms with van der Waals surface area (Å²) in [5.41, 5.74) is 5.81. The number of nitro groups is 1. The second kappa shape index (κ2) is 6.47. The second-order valence-electron chi connectivity index (χ2n) is 4.90. The van der Waals surface area contributed by atoms with Crippen LogP contribution in [0.1, 0.15) is 18.4 Å². The Kier molecular flexibility index (Phi) is 4.67. The first kappa shape index (κ1) is 15.2. The monoisotopic (exact) mass is 291 g/mol. The van der Waals surface area contributed by atoms with Gasteiger partial charge < -0.3 is 15.4 Å². The van der Waals surface area contributed by atoms with Gasteiger partial charge in [-0.2, -0.15) is 5.26 Å². The summed E-state index contributed by atoms with van der Waals surface area (Å²) in [6.07, 6.45) is 2.86. The fourth-order valence-corrected chi connectivity index (χ4v) is 2.59. The summed E-state index contributed by atoms with van der Waals surface area (Å²) in [5, 5.41) is 20.0. The number of pyridine rings is 1. The SMILES string of the molecule is COC1CCN(c2ncc([N+](=O)[O-])cc2C#N)C(CN)C1. The third-order valence-corrected chi connectivity index (χ3v) is 3.73. The van der Waals surface area contributed by atoms with E-state index in [9.17, 15) is 15.4 Å². The van der Waals surface area contributed by atoms with E-state index in [2.05, 4.69) is 4.98 Å². The number of nitriles is 1. The molecule has 0 radical (unpaired) electrons. The molecule has 2 unspecified atom stereocenters. The van der Waals surface area contributed by atoms with Crippen molar-refractivity contribution in [1.82, 2.24) is 4.98 Å². The van der Waals surface area contributed by atoms with Crippen molar-refractivity contribution in [3.05, 3.63) is 27.9 Å². The van der Waals surface area contributed by atoms with Crippen LogP contribution in [0.5, 0.6) is 0 Å². The lowest BCUT2D eigenvalue weighted by molar-refractivity contribution is -0.385. The van der Waals surface area contributed by atoms with E-state index in [1.165, 1.54) is 12.3 Å². The van der Waals surface area contributed by atoms with E-state index >= 15 is 0 Å². The zero-order chi connectivity index (χ0) is 15.4. The third-order valence-electron chi connectivity index (χ3n) is 3.73. The Bertz CT molecular complexity index is 571. The Balaban J connectivity index is 2.32. The van der Waals surface area contributed by atoms with E-state index in [0.29, 0.717) is 18.9 Å². The first-order valence-electron chi connectivity index (χ1n) is 6.64. The van der Waals surface area contributed by atoms with E-state index in [-0.39, 0.29) is 23.4 Å². The minimum atomic E-state index is -0.560. The molecule has 0 aliphatic carbocycles. The number of nitrogens with two attached hydrogens (primary N) is 1. The molecular formula is C13H17N5O3. The van der Waals surface area contributed by atoms with Gasteiger partial charge in [0.15, 0.2) is 0 Å². The van der Waals surface area contributed by atoms with Gasteiger partial charge in [0.2, 0.25) is 0 Å². The van der Waals surface area contributed by atoms with Gasteiger partial charge in [0, 0.05) is 32.3 Å². The molecule has 21 heavy (non-hydrogen) atoms. The maximum Gasteiger partial charge on any atom is 0.289 e. The number of hydrogen-bond donors (Lipinski definition) is 1. The summed E-state index contributed by atoms with van der Waals surface area (Å²) in [6, 6.07) is 3.23. The van der Waals surface area contributed by atoms with Crippen molar-refractivity contribution >= 4 is 11.5 Å². The summed E-state index contributed by atoms with van der Waals surface area (Å²) < 4.78 is 5.36. The molecule has 2 heterocycles. The molecule has 112 valence electrons. The van der Waals surface area contributed by atoms with Crippen LogP contribution in [-0.4, -0.2) is 42.3 Å². The number of piperidine rings is 1. The van der Waals surface area contributed by atoms with Crippen LogP contribution in [0.2, 0.25) is 0 Å². The molecule has 8 heteroatoms. The largest absolute Gasteiger partial charge is 0.381 e. The molecule has 0 spiro atoms. The molecule has 8 nitrogen and oxygen atoms in total. The minimum Gasteiger partial charge on any atom is -0.381 e. The molecule has 0 aromatic carbocycles. The Labute approximate surface area is 122 Å². The predicted molar refractivity (Wildman–Crippen MR) is 75.8 cm³/mol. The summed E-state index contributed by atoms with van der Waals surface area (Å²) >= 11 is 0. The fourth-order valence-electron chi connectivity index (χ4n) is 2.59. The molecule has 1 fully saturated rings. The van der Waals surface area contributed by atoms with Crippen LogP contribution in [0.25, 0.3) is 0 Å². The minimum absolute atomic E-state index is 0.00440. The van der Waals surface area contributed by atoms with Crippen LogP contribution in [0, 0.1) is 21.4 Å². The lowest BCUT2D eigenvalue weighted by Gasteiger charge is -2.39. The van der Waals surface area contributed by atoms with Crippen LogP contribution >= 0.6 is 0 Å².